The maximum absolute atomic E-state index is 12.5. The fraction of sp³-hybridized carbons (Fsp3) is 0.381. The molecule has 0 N–H and O–H groups in total. The second kappa shape index (κ2) is 8.11. The molecule has 1 aliphatic heterocycles. The van der Waals surface area contributed by atoms with Gasteiger partial charge in [-0.05, 0) is 17.5 Å². The summed E-state index contributed by atoms with van der Waals surface area (Å²) in [4.78, 5) is 14.5. The monoisotopic (exact) mass is 323 g/mol. The van der Waals surface area contributed by atoms with Crippen molar-refractivity contribution in [1.82, 2.24) is 4.90 Å². The van der Waals surface area contributed by atoms with Crippen molar-refractivity contribution in [1.29, 1.82) is 0 Å². The minimum Gasteiger partial charge on any atom is -0.371 e. The van der Waals surface area contributed by atoms with Crippen LogP contribution in [0.3, 0.4) is 0 Å². The van der Waals surface area contributed by atoms with E-state index in [0.29, 0.717) is 19.6 Å². The highest BCUT2D eigenvalue weighted by Gasteiger charge is 2.39. The van der Waals surface area contributed by atoms with Crippen molar-refractivity contribution in [2.75, 3.05) is 0 Å². The molecule has 1 fully saturated rings. The lowest BCUT2D eigenvalue weighted by atomic mass is 10.1. The number of amides is 1. The molecule has 24 heavy (non-hydrogen) atoms. The van der Waals surface area contributed by atoms with E-state index in [4.69, 9.17) is 4.74 Å². The van der Waals surface area contributed by atoms with Crippen molar-refractivity contribution in [2.45, 2.75) is 51.5 Å². The molecule has 1 aliphatic rings. The highest BCUT2D eigenvalue weighted by Crippen LogP contribution is 2.28. The van der Waals surface area contributed by atoms with E-state index in [1.807, 2.05) is 41.3 Å². The number of carbonyl (C=O) groups excluding carboxylic acids is 1. The fourth-order valence-electron chi connectivity index (χ4n) is 3.38. The average Bonchev–Trinajstić information content (AvgIpc) is 2.91. The van der Waals surface area contributed by atoms with E-state index in [0.717, 1.165) is 18.4 Å². The first-order valence-corrected chi connectivity index (χ1v) is 8.77. The molecule has 126 valence electrons. The van der Waals surface area contributed by atoms with Crippen LogP contribution in [-0.2, 0) is 22.7 Å². The quantitative estimate of drug-likeness (QED) is 0.765. The maximum atomic E-state index is 12.5. The summed E-state index contributed by atoms with van der Waals surface area (Å²) in [6, 6.07) is 20.5. The lowest BCUT2D eigenvalue weighted by Gasteiger charge is -2.28. The predicted molar refractivity (Wildman–Crippen MR) is 95.3 cm³/mol. The van der Waals surface area contributed by atoms with Crippen LogP contribution in [0.2, 0.25) is 0 Å². The third kappa shape index (κ3) is 4.04. The number of nitrogens with zero attached hydrogens (tertiary/aromatic N) is 1. The van der Waals surface area contributed by atoms with Crippen molar-refractivity contribution < 1.29 is 9.53 Å². The largest absolute Gasteiger partial charge is 0.371 e. The summed E-state index contributed by atoms with van der Waals surface area (Å²) < 4.78 is 6.13. The van der Waals surface area contributed by atoms with Crippen molar-refractivity contribution >= 4 is 5.91 Å². The molecule has 3 rings (SSSR count). The first-order valence-electron chi connectivity index (χ1n) is 8.77. The molecule has 0 aliphatic carbocycles. The van der Waals surface area contributed by atoms with Crippen molar-refractivity contribution in [3.8, 4) is 0 Å². The van der Waals surface area contributed by atoms with Crippen LogP contribution >= 0.6 is 0 Å². The van der Waals surface area contributed by atoms with Gasteiger partial charge < -0.3 is 9.64 Å². The van der Waals surface area contributed by atoms with Crippen LogP contribution in [0.15, 0.2) is 60.7 Å². The molecule has 3 heteroatoms. The van der Waals surface area contributed by atoms with Gasteiger partial charge in [-0.1, -0.05) is 74.0 Å². The van der Waals surface area contributed by atoms with Crippen molar-refractivity contribution in [3.63, 3.8) is 0 Å². The van der Waals surface area contributed by atoms with E-state index in [1.54, 1.807) is 0 Å². The summed E-state index contributed by atoms with van der Waals surface area (Å²) in [6.45, 7) is 3.41. The van der Waals surface area contributed by atoms with E-state index in [1.165, 1.54) is 5.56 Å². The van der Waals surface area contributed by atoms with Crippen LogP contribution in [0.25, 0.3) is 0 Å². The van der Waals surface area contributed by atoms with Gasteiger partial charge >= 0.3 is 0 Å². The molecular formula is C21H25NO2. The van der Waals surface area contributed by atoms with Gasteiger partial charge in [0.05, 0.1) is 25.2 Å². The predicted octanol–water partition coefficient (Wildman–Crippen LogP) is 4.17. The van der Waals surface area contributed by atoms with Crippen molar-refractivity contribution in [2.24, 2.45) is 0 Å². The minimum atomic E-state index is -0.0126. The zero-order valence-corrected chi connectivity index (χ0v) is 14.2. The van der Waals surface area contributed by atoms with Crippen LogP contribution in [0, 0.1) is 0 Å². The molecular weight excluding hydrogens is 298 g/mol. The van der Waals surface area contributed by atoms with E-state index >= 15 is 0 Å². The number of hydrogen-bond donors (Lipinski definition) is 0. The molecule has 1 saturated heterocycles. The highest BCUT2D eigenvalue weighted by molar-refractivity contribution is 5.79. The average molecular weight is 323 g/mol. The van der Waals surface area contributed by atoms with Gasteiger partial charge in [0, 0.05) is 6.54 Å². The zero-order chi connectivity index (χ0) is 16.8. The standard InChI is InChI=1S/C21H25NO2/c1-2-9-19-20(24-16-18-12-7-4-8-13-18)14-21(23)22(19)15-17-10-5-3-6-11-17/h3-8,10-13,19-20H,2,9,14-16H2,1H3/t19-,20+/m0/s1. The third-order valence-corrected chi connectivity index (χ3v) is 4.61. The molecule has 2 atom stereocenters. The maximum Gasteiger partial charge on any atom is 0.225 e. The first kappa shape index (κ1) is 16.7. The van der Waals surface area contributed by atoms with Crippen LogP contribution in [0.1, 0.15) is 37.3 Å². The summed E-state index contributed by atoms with van der Waals surface area (Å²) in [5.74, 6) is 0.204. The van der Waals surface area contributed by atoms with E-state index in [2.05, 4.69) is 31.2 Å². The van der Waals surface area contributed by atoms with Gasteiger partial charge in [0.1, 0.15) is 0 Å². The van der Waals surface area contributed by atoms with E-state index < -0.39 is 0 Å². The number of rotatable bonds is 7. The Morgan fingerprint density at radius 3 is 2.25 bits per heavy atom. The Balaban J connectivity index is 1.67. The molecule has 0 bridgehead atoms. The van der Waals surface area contributed by atoms with Crippen LogP contribution in [-0.4, -0.2) is 23.0 Å². The summed E-state index contributed by atoms with van der Waals surface area (Å²) in [6.07, 6.45) is 2.51. The summed E-state index contributed by atoms with van der Waals surface area (Å²) >= 11 is 0. The Kier molecular flexibility index (Phi) is 5.65. The van der Waals surface area contributed by atoms with Gasteiger partial charge in [0.25, 0.3) is 0 Å². The Bertz CT molecular complexity index is 641. The Hall–Kier alpha value is -2.13. The number of ether oxygens (including phenoxy) is 1. The van der Waals surface area contributed by atoms with Crippen LogP contribution in [0.4, 0.5) is 0 Å². The second-order valence-corrected chi connectivity index (χ2v) is 6.40. The number of likely N-dealkylation sites (tertiary alicyclic amines) is 1. The van der Waals surface area contributed by atoms with Gasteiger partial charge in [0.15, 0.2) is 0 Å². The Morgan fingerprint density at radius 1 is 1.00 bits per heavy atom. The number of benzene rings is 2. The molecule has 1 heterocycles. The Labute approximate surface area is 144 Å². The molecule has 1 amide bonds. The third-order valence-electron chi connectivity index (χ3n) is 4.61. The molecule has 0 saturated carbocycles. The van der Waals surface area contributed by atoms with Gasteiger partial charge in [-0.15, -0.1) is 0 Å². The molecule has 0 radical (unpaired) electrons. The van der Waals surface area contributed by atoms with Gasteiger partial charge in [-0.2, -0.15) is 0 Å². The van der Waals surface area contributed by atoms with Gasteiger partial charge in [-0.3, -0.25) is 4.79 Å². The molecule has 0 aromatic heterocycles. The number of hydrogen-bond acceptors (Lipinski definition) is 2. The SMILES string of the molecule is CCC[C@H]1[C@H](OCc2ccccc2)CC(=O)N1Cc1ccccc1. The summed E-state index contributed by atoms with van der Waals surface area (Å²) in [5.41, 5.74) is 2.33. The van der Waals surface area contributed by atoms with E-state index in [-0.39, 0.29) is 18.1 Å². The molecule has 2 aromatic carbocycles. The van der Waals surface area contributed by atoms with Crippen molar-refractivity contribution in [3.05, 3.63) is 71.8 Å². The summed E-state index contributed by atoms with van der Waals surface area (Å²) in [7, 11) is 0. The molecule has 0 spiro atoms. The molecule has 3 nitrogen and oxygen atoms in total. The lowest BCUT2D eigenvalue weighted by molar-refractivity contribution is -0.129. The smallest absolute Gasteiger partial charge is 0.225 e. The van der Waals surface area contributed by atoms with Gasteiger partial charge in [-0.25, -0.2) is 0 Å². The van der Waals surface area contributed by atoms with Crippen LogP contribution in [0.5, 0.6) is 0 Å². The Morgan fingerprint density at radius 2 is 1.62 bits per heavy atom. The summed E-state index contributed by atoms with van der Waals surface area (Å²) in [5, 5.41) is 0. The minimum absolute atomic E-state index is 0.0126. The number of carbonyl (C=O) groups is 1. The van der Waals surface area contributed by atoms with E-state index in [9.17, 15) is 4.79 Å². The first-order chi connectivity index (χ1) is 11.8. The topological polar surface area (TPSA) is 29.5 Å². The molecule has 0 unspecified atom stereocenters. The highest BCUT2D eigenvalue weighted by atomic mass is 16.5. The molecule has 2 aromatic rings. The normalized spacial score (nSPS) is 20.5. The fourth-order valence-corrected chi connectivity index (χ4v) is 3.38. The zero-order valence-electron chi connectivity index (χ0n) is 14.2. The lowest BCUT2D eigenvalue weighted by Crippen LogP contribution is -2.37. The van der Waals surface area contributed by atoms with Gasteiger partial charge in [0.2, 0.25) is 5.91 Å². The van der Waals surface area contributed by atoms with Crippen LogP contribution < -0.4 is 0 Å². The second-order valence-electron chi connectivity index (χ2n) is 6.40.